The van der Waals surface area contributed by atoms with Gasteiger partial charge in [0.05, 0.1) is 12.5 Å². The number of ether oxygens (including phenoxy) is 1. The minimum atomic E-state index is -1.13. The quantitative estimate of drug-likeness (QED) is 0.329. The van der Waals surface area contributed by atoms with Crippen LogP contribution in [-0.4, -0.2) is 41.7 Å². The number of rotatable bonds is 11. The molecule has 146 valence electrons. The van der Waals surface area contributed by atoms with Crippen molar-refractivity contribution in [1.82, 2.24) is 10.6 Å². The van der Waals surface area contributed by atoms with Crippen LogP contribution < -0.4 is 16.4 Å². The molecule has 5 N–H and O–H groups in total. The molecule has 0 aliphatic carbocycles. The Morgan fingerprint density at radius 3 is 2.59 bits per heavy atom. The highest BCUT2D eigenvalue weighted by atomic mass is 16.5. The van der Waals surface area contributed by atoms with Gasteiger partial charge in [0.1, 0.15) is 12.6 Å². The minimum Gasteiger partial charge on any atom is -0.445 e. The van der Waals surface area contributed by atoms with E-state index in [0.717, 1.165) is 5.56 Å². The Labute approximate surface area is 158 Å². The van der Waals surface area contributed by atoms with Crippen molar-refractivity contribution >= 4 is 17.9 Å². The number of amides is 3. The number of nitrogens with two attached hydrogens (primary N) is 1. The number of aliphatic hydroxyl groups excluding tert-OH is 1. The fourth-order valence-electron chi connectivity index (χ4n) is 2.21. The number of primary amides is 1. The van der Waals surface area contributed by atoms with Gasteiger partial charge in [-0.1, -0.05) is 30.3 Å². The number of unbranched alkanes of at least 4 members (excludes halogenated alkanes) is 1. The first-order valence-electron chi connectivity index (χ1n) is 8.57. The van der Waals surface area contributed by atoms with Gasteiger partial charge in [0.25, 0.3) is 0 Å². The molecule has 3 amide bonds. The fourth-order valence-corrected chi connectivity index (χ4v) is 2.21. The monoisotopic (exact) mass is 375 g/mol. The first-order valence-corrected chi connectivity index (χ1v) is 8.57. The van der Waals surface area contributed by atoms with Gasteiger partial charge in [-0.15, -0.1) is 12.3 Å². The SMILES string of the molecule is C#CCCC[C@H](NC(=O)C[C@@H](O)CNC(=O)OCc1ccccc1)C(N)=O. The molecule has 0 spiro atoms. The molecule has 0 aliphatic heterocycles. The molecule has 2 atom stereocenters. The largest absolute Gasteiger partial charge is 0.445 e. The zero-order valence-electron chi connectivity index (χ0n) is 15.0. The van der Waals surface area contributed by atoms with Gasteiger partial charge in [0, 0.05) is 13.0 Å². The van der Waals surface area contributed by atoms with Crippen LogP contribution in [0.2, 0.25) is 0 Å². The van der Waals surface area contributed by atoms with E-state index in [1.807, 2.05) is 30.3 Å². The third-order valence-corrected chi connectivity index (χ3v) is 3.61. The highest BCUT2D eigenvalue weighted by molar-refractivity contribution is 5.86. The second-order valence-corrected chi connectivity index (χ2v) is 5.92. The summed E-state index contributed by atoms with van der Waals surface area (Å²) in [7, 11) is 0. The van der Waals surface area contributed by atoms with Gasteiger partial charge in [0.15, 0.2) is 0 Å². The molecular formula is C19H25N3O5. The molecule has 0 unspecified atom stereocenters. The third kappa shape index (κ3) is 9.87. The van der Waals surface area contributed by atoms with Crippen molar-refractivity contribution in [3.05, 3.63) is 35.9 Å². The summed E-state index contributed by atoms with van der Waals surface area (Å²) in [6.45, 7) is -0.0689. The summed E-state index contributed by atoms with van der Waals surface area (Å²) in [4.78, 5) is 34.8. The molecule has 0 heterocycles. The normalized spacial score (nSPS) is 12.3. The summed E-state index contributed by atoms with van der Waals surface area (Å²) in [5, 5.41) is 14.7. The molecule has 1 rings (SSSR count). The molecule has 0 saturated heterocycles. The van der Waals surface area contributed by atoms with E-state index in [1.165, 1.54) is 0 Å². The molecule has 8 nitrogen and oxygen atoms in total. The fraction of sp³-hybridized carbons (Fsp3) is 0.421. The van der Waals surface area contributed by atoms with Crippen LogP contribution >= 0.6 is 0 Å². The smallest absolute Gasteiger partial charge is 0.407 e. The van der Waals surface area contributed by atoms with E-state index in [-0.39, 0.29) is 19.6 Å². The summed E-state index contributed by atoms with van der Waals surface area (Å²) < 4.78 is 5.00. The van der Waals surface area contributed by atoms with Crippen LogP contribution in [0.1, 0.15) is 31.2 Å². The number of alkyl carbamates (subject to hydrolysis) is 1. The van der Waals surface area contributed by atoms with Gasteiger partial charge in [-0.2, -0.15) is 0 Å². The second-order valence-electron chi connectivity index (χ2n) is 5.92. The molecule has 0 bridgehead atoms. The zero-order valence-corrected chi connectivity index (χ0v) is 15.0. The van der Waals surface area contributed by atoms with Crippen molar-refractivity contribution in [2.75, 3.05) is 6.54 Å². The number of hydrogen-bond donors (Lipinski definition) is 4. The van der Waals surface area contributed by atoms with Crippen LogP contribution in [0, 0.1) is 12.3 Å². The standard InChI is InChI=1S/C19H25N3O5/c1-2-3-5-10-16(18(20)25)22-17(24)11-15(23)12-21-19(26)27-13-14-8-6-4-7-9-14/h1,4,6-9,15-16,23H,3,5,10-13H2,(H2,20,25)(H,21,26)(H,22,24)/t15-,16+/m1/s1. The van der Waals surface area contributed by atoms with E-state index in [4.69, 9.17) is 16.9 Å². The topological polar surface area (TPSA) is 131 Å². The Hall–Kier alpha value is -3.05. The lowest BCUT2D eigenvalue weighted by Crippen LogP contribution is -2.46. The molecule has 8 heteroatoms. The predicted molar refractivity (Wildman–Crippen MR) is 99.1 cm³/mol. The molecule has 0 aromatic heterocycles. The van der Waals surface area contributed by atoms with Crippen molar-refractivity contribution in [3.63, 3.8) is 0 Å². The van der Waals surface area contributed by atoms with E-state index in [1.54, 1.807) is 0 Å². The predicted octanol–water partition coefficient (Wildman–Crippen LogP) is 0.437. The number of terminal acetylenes is 1. The Morgan fingerprint density at radius 2 is 1.96 bits per heavy atom. The Morgan fingerprint density at radius 1 is 1.26 bits per heavy atom. The average molecular weight is 375 g/mol. The van der Waals surface area contributed by atoms with Crippen LogP contribution in [0.5, 0.6) is 0 Å². The van der Waals surface area contributed by atoms with E-state index in [2.05, 4.69) is 16.6 Å². The van der Waals surface area contributed by atoms with Crippen molar-refractivity contribution in [1.29, 1.82) is 0 Å². The Balaban J connectivity index is 2.28. The van der Waals surface area contributed by atoms with Crippen LogP contribution in [0.3, 0.4) is 0 Å². The first-order chi connectivity index (χ1) is 12.9. The van der Waals surface area contributed by atoms with Crippen molar-refractivity contribution in [3.8, 4) is 12.3 Å². The number of carbonyl (C=O) groups excluding carboxylic acids is 3. The summed E-state index contributed by atoms with van der Waals surface area (Å²) in [5.74, 6) is 1.22. The van der Waals surface area contributed by atoms with Crippen LogP contribution in [0.15, 0.2) is 30.3 Å². The molecule has 1 aromatic carbocycles. The van der Waals surface area contributed by atoms with Crippen molar-refractivity contribution in [2.24, 2.45) is 5.73 Å². The molecular weight excluding hydrogens is 350 g/mol. The van der Waals surface area contributed by atoms with E-state index >= 15 is 0 Å². The number of hydrogen-bond acceptors (Lipinski definition) is 5. The molecule has 0 saturated carbocycles. The Kier molecular flexibility index (Phi) is 10.0. The highest BCUT2D eigenvalue weighted by Crippen LogP contribution is 2.02. The maximum absolute atomic E-state index is 11.9. The third-order valence-electron chi connectivity index (χ3n) is 3.61. The number of carbonyl (C=O) groups is 3. The minimum absolute atomic E-state index is 0.0984. The van der Waals surface area contributed by atoms with Crippen LogP contribution in [0.4, 0.5) is 4.79 Å². The number of aliphatic hydroxyl groups is 1. The van der Waals surface area contributed by atoms with E-state index in [9.17, 15) is 19.5 Å². The van der Waals surface area contributed by atoms with E-state index in [0.29, 0.717) is 19.3 Å². The lowest BCUT2D eigenvalue weighted by atomic mass is 10.1. The lowest BCUT2D eigenvalue weighted by Gasteiger charge is -2.17. The number of benzene rings is 1. The molecule has 27 heavy (non-hydrogen) atoms. The summed E-state index contributed by atoms with van der Waals surface area (Å²) in [6.07, 6.45) is 4.35. The second kappa shape index (κ2) is 12.3. The lowest BCUT2D eigenvalue weighted by molar-refractivity contribution is -0.128. The summed E-state index contributed by atoms with van der Waals surface area (Å²) in [6, 6.07) is 8.27. The summed E-state index contributed by atoms with van der Waals surface area (Å²) >= 11 is 0. The van der Waals surface area contributed by atoms with Crippen molar-refractivity contribution in [2.45, 2.75) is 44.4 Å². The first kappa shape index (κ1) is 22.0. The van der Waals surface area contributed by atoms with Gasteiger partial charge in [-0.3, -0.25) is 9.59 Å². The van der Waals surface area contributed by atoms with Gasteiger partial charge in [0.2, 0.25) is 11.8 Å². The van der Waals surface area contributed by atoms with Crippen molar-refractivity contribution < 1.29 is 24.2 Å². The molecule has 0 fully saturated rings. The van der Waals surface area contributed by atoms with Gasteiger partial charge < -0.3 is 26.2 Å². The maximum atomic E-state index is 11.9. The van der Waals surface area contributed by atoms with Gasteiger partial charge >= 0.3 is 6.09 Å². The van der Waals surface area contributed by atoms with Gasteiger partial charge in [-0.25, -0.2) is 4.79 Å². The number of nitrogens with one attached hydrogen (secondary N) is 2. The molecule has 1 aromatic rings. The Bertz CT molecular complexity index is 657. The van der Waals surface area contributed by atoms with Crippen LogP contribution in [-0.2, 0) is 20.9 Å². The highest BCUT2D eigenvalue weighted by Gasteiger charge is 2.19. The van der Waals surface area contributed by atoms with Crippen LogP contribution in [0.25, 0.3) is 0 Å². The average Bonchev–Trinajstić information content (AvgIpc) is 2.64. The molecule has 0 radical (unpaired) electrons. The zero-order chi connectivity index (χ0) is 20.1. The molecule has 0 aliphatic rings. The van der Waals surface area contributed by atoms with E-state index < -0.39 is 30.1 Å². The maximum Gasteiger partial charge on any atom is 0.407 e. The van der Waals surface area contributed by atoms with Gasteiger partial charge in [-0.05, 0) is 18.4 Å². The summed E-state index contributed by atoms with van der Waals surface area (Å²) in [5.41, 5.74) is 6.07.